The molecule has 0 saturated carbocycles. The smallest absolute Gasteiger partial charge is 0.274 e. The van der Waals surface area contributed by atoms with Crippen molar-refractivity contribution in [3.05, 3.63) is 18.1 Å². The average molecular weight is 276 g/mol. The molecule has 0 aliphatic carbocycles. The lowest BCUT2D eigenvalue weighted by Crippen LogP contribution is -2.47. The molecule has 0 spiro atoms. The highest BCUT2D eigenvalue weighted by Gasteiger charge is 2.30. The van der Waals surface area contributed by atoms with E-state index in [9.17, 15) is 4.79 Å². The molecule has 110 valence electrons. The zero-order chi connectivity index (χ0) is 14.5. The molecule has 1 saturated heterocycles. The zero-order valence-electron chi connectivity index (χ0n) is 12.6. The van der Waals surface area contributed by atoms with Crippen LogP contribution in [0.2, 0.25) is 0 Å². The van der Waals surface area contributed by atoms with Crippen LogP contribution in [0, 0.1) is 0 Å². The van der Waals surface area contributed by atoms with Gasteiger partial charge in [0, 0.05) is 18.6 Å². The maximum absolute atomic E-state index is 12.5. The monoisotopic (exact) mass is 276 g/mol. The van der Waals surface area contributed by atoms with Gasteiger partial charge in [0.05, 0.1) is 12.4 Å². The summed E-state index contributed by atoms with van der Waals surface area (Å²) in [5.74, 6) is 0.724. The van der Waals surface area contributed by atoms with Gasteiger partial charge in [-0.05, 0) is 39.5 Å². The molecule has 1 aliphatic heterocycles. The lowest BCUT2D eigenvalue weighted by molar-refractivity contribution is 0.0504. The summed E-state index contributed by atoms with van der Waals surface area (Å²) in [6.07, 6.45) is 7.58. The fourth-order valence-electron chi connectivity index (χ4n) is 2.74. The third-order valence-electron chi connectivity index (χ3n) is 3.86. The SMILES string of the molecule is CCCNc1cnc(C(=O)N2C(C)CCCC2C)cn1. The summed E-state index contributed by atoms with van der Waals surface area (Å²) in [6, 6.07) is 0.567. The highest BCUT2D eigenvalue weighted by atomic mass is 16.2. The summed E-state index contributed by atoms with van der Waals surface area (Å²) in [7, 11) is 0. The van der Waals surface area contributed by atoms with E-state index in [2.05, 4.69) is 36.1 Å². The zero-order valence-corrected chi connectivity index (χ0v) is 12.6. The highest BCUT2D eigenvalue weighted by Crippen LogP contribution is 2.24. The summed E-state index contributed by atoms with van der Waals surface area (Å²) in [5.41, 5.74) is 0.438. The van der Waals surface area contributed by atoms with Gasteiger partial charge in [0.25, 0.3) is 5.91 Å². The number of likely N-dealkylation sites (tertiary alicyclic amines) is 1. The van der Waals surface area contributed by atoms with E-state index in [4.69, 9.17) is 0 Å². The van der Waals surface area contributed by atoms with Crippen molar-refractivity contribution in [3.8, 4) is 0 Å². The molecule has 1 aliphatic rings. The van der Waals surface area contributed by atoms with Crippen molar-refractivity contribution in [3.63, 3.8) is 0 Å². The molecule has 5 nitrogen and oxygen atoms in total. The topological polar surface area (TPSA) is 58.1 Å². The van der Waals surface area contributed by atoms with Gasteiger partial charge >= 0.3 is 0 Å². The molecule has 5 heteroatoms. The van der Waals surface area contributed by atoms with Crippen LogP contribution < -0.4 is 5.32 Å². The molecule has 1 fully saturated rings. The molecule has 0 aromatic carbocycles. The van der Waals surface area contributed by atoms with Crippen LogP contribution in [0.1, 0.15) is 56.9 Å². The number of anilines is 1. The summed E-state index contributed by atoms with van der Waals surface area (Å²) < 4.78 is 0. The van der Waals surface area contributed by atoms with Gasteiger partial charge in [-0.2, -0.15) is 0 Å². The quantitative estimate of drug-likeness (QED) is 0.918. The summed E-state index contributed by atoms with van der Waals surface area (Å²) in [6.45, 7) is 7.18. The first-order valence-corrected chi connectivity index (χ1v) is 7.52. The van der Waals surface area contributed by atoms with Crippen molar-refractivity contribution in [2.24, 2.45) is 0 Å². The lowest BCUT2D eigenvalue weighted by atomic mass is 9.97. The van der Waals surface area contributed by atoms with Gasteiger partial charge in [0.1, 0.15) is 11.5 Å². The van der Waals surface area contributed by atoms with Crippen LogP contribution in [0.4, 0.5) is 5.82 Å². The molecular formula is C15H24N4O. The number of nitrogens with zero attached hydrogens (tertiary/aromatic N) is 3. The van der Waals surface area contributed by atoms with Crippen molar-refractivity contribution in [2.45, 2.75) is 58.5 Å². The van der Waals surface area contributed by atoms with Crippen LogP contribution in [0.15, 0.2) is 12.4 Å². The van der Waals surface area contributed by atoms with E-state index in [0.717, 1.165) is 31.6 Å². The summed E-state index contributed by atoms with van der Waals surface area (Å²) in [5, 5.41) is 3.16. The number of amides is 1. The first kappa shape index (κ1) is 14.8. The van der Waals surface area contributed by atoms with Crippen molar-refractivity contribution in [1.29, 1.82) is 0 Å². The molecule has 2 rings (SSSR count). The average Bonchev–Trinajstić information content (AvgIpc) is 2.45. The van der Waals surface area contributed by atoms with Gasteiger partial charge in [-0.15, -0.1) is 0 Å². The maximum atomic E-state index is 12.5. The molecule has 1 aromatic rings. The molecular weight excluding hydrogens is 252 g/mol. The van der Waals surface area contributed by atoms with Crippen LogP contribution in [0.3, 0.4) is 0 Å². The minimum Gasteiger partial charge on any atom is -0.369 e. The van der Waals surface area contributed by atoms with Crippen molar-refractivity contribution in [2.75, 3.05) is 11.9 Å². The molecule has 1 aromatic heterocycles. The molecule has 1 N–H and O–H groups in total. The van der Waals surface area contributed by atoms with E-state index in [-0.39, 0.29) is 18.0 Å². The fraction of sp³-hybridized carbons (Fsp3) is 0.667. The van der Waals surface area contributed by atoms with Crippen LogP contribution in [0.5, 0.6) is 0 Å². The molecule has 2 heterocycles. The van der Waals surface area contributed by atoms with E-state index in [1.54, 1.807) is 12.4 Å². The maximum Gasteiger partial charge on any atom is 0.274 e. The Bertz CT molecular complexity index is 436. The summed E-state index contributed by atoms with van der Waals surface area (Å²) in [4.78, 5) is 23.0. The van der Waals surface area contributed by atoms with Gasteiger partial charge in [-0.3, -0.25) is 4.79 Å². The second-order valence-corrected chi connectivity index (χ2v) is 5.56. The van der Waals surface area contributed by atoms with E-state index in [0.29, 0.717) is 5.69 Å². The Balaban J connectivity index is 2.08. The van der Waals surface area contributed by atoms with Crippen LogP contribution in [0.25, 0.3) is 0 Å². The number of piperidine rings is 1. The predicted octanol–water partition coefficient (Wildman–Crippen LogP) is 2.70. The van der Waals surface area contributed by atoms with Crippen LogP contribution >= 0.6 is 0 Å². The fourth-order valence-corrected chi connectivity index (χ4v) is 2.74. The molecule has 0 radical (unpaired) electrons. The third-order valence-corrected chi connectivity index (χ3v) is 3.86. The third kappa shape index (κ3) is 3.26. The van der Waals surface area contributed by atoms with Crippen molar-refractivity contribution in [1.82, 2.24) is 14.9 Å². The Kier molecular flexibility index (Phi) is 4.93. The van der Waals surface area contributed by atoms with E-state index < -0.39 is 0 Å². The number of carbonyl (C=O) groups is 1. The first-order valence-electron chi connectivity index (χ1n) is 7.52. The molecule has 2 unspecified atom stereocenters. The number of hydrogen-bond donors (Lipinski definition) is 1. The minimum atomic E-state index is -0.000702. The van der Waals surface area contributed by atoms with Crippen LogP contribution in [-0.2, 0) is 0 Å². The Morgan fingerprint density at radius 1 is 1.30 bits per heavy atom. The Labute approximate surface area is 120 Å². The molecule has 2 atom stereocenters. The van der Waals surface area contributed by atoms with Gasteiger partial charge < -0.3 is 10.2 Å². The molecule has 0 bridgehead atoms. The number of carbonyl (C=O) groups excluding carboxylic acids is 1. The standard InChI is InChI=1S/C15H24N4O/c1-4-8-16-14-10-17-13(9-18-14)15(20)19-11(2)6-5-7-12(19)3/h9-12H,4-8H2,1-3H3,(H,16,18). The van der Waals surface area contributed by atoms with Gasteiger partial charge in [0.2, 0.25) is 0 Å². The lowest BCUT2D eigenvalue weighted by Gasteiger charge is -2.38. The molecule has 1 amide bonds. The van der Waals surface area contributed by atoms with E-state index in [1.807, 2.05) is 4.90 Å². The van der Waals surface area contributed by atoms with Gasteiger partial charge in [-0.25, -0.2) is 9.97 Å². The minimum absolute atomic E-state index is 0.000702. The number of rotatable bonds is 4. The van der Waals surface area contributed by atoms with Gasteiger partial charge in [-0.1, -0.05) is 6.92 Å². The number of hydrogen-bond acceptors (Lipinski definition) is 4. The second kappa shape index (κ2) is 6.68. The Morgan fingerprint density at radius 3 is 2.55 bits per heavy atom. The Hall–Kier alpha value is -1.65. The van der Waals surface area contributed by atoms with Crippen LogP contribution in [-0.4, -0.2) is 39.4 Å². The predicted molar refractivity (Wildman–Crippen MR) is 79.8 cm³/mol. The van der Waals surface area contributed by atoms with Gasteiger partial charge in [0.15, 0.2) is 0 Å². The van der Waals surface area contributed by atoms with E-state index >= 15 is 0 Å². The number of aromatic nitrogens is 2. The van der Waals surface area contributed by atoms with E-state index in [1.165, 1.54) is 6.42 Å². The molecule has 20 heavy (non-hydrogen) atoms. The second-order valence-electron chi connectivity index (χ2n) is 5.56. The Morgan fingerprint density at radius 2 is 2.00 bits per heavy atom. The normalized spacial score (nSPS) is 22.6. The largest absolute Gasteiger partial charge is 0.369 e. The summed E-state index contributed by atoms with van der Waals surface area (Å²) >= 11 is 0. The van der Waals surface area contributed by atoms with Crippen molar-refractivity contribution >= 4 is 11.7 Å². The number of nitrogens with one attached hydrogen (secondary N) is 1. The van der Waals surface area contributed by atoms with Crippen molar-refractivity contribution < 1.29 is 4.79 Å². The first-order chi connectivity index (χ1) is 9.63. The highest BCUT2D eigenvalue weighted by molar-refractivity contribution is 5.92.